The lowest BCUT2D eigenvalue weighted by molar-refractivity contribution is -0.116. The van der Waals surface area contributed by atoms with E-state index in [0.717, 1.165) is 22.4 Å². The molecule has 0 aliphatic heterocycles. The van der Waals surface area contributed by atoms with Crippen molar-refractivity contribution in [3.05, 3.63) is 76.1 Å². The normalized spacial score (nSPS) is 10.4. The molecule has 0 fully saturated rings. The van der Waals surface area contributed by atoms with Crippen LogP contribution in [0.3, 0.4) is 0 Å². The van der Waals surface area contributed by atoms with Gasteiger partial charge in [0.2, 0.25) is 5.91 Å². The van der Waals surface area contributed by atoms with Crippen molar-refractivity contribution >= 4 is 11.6 Å². The minimum atomic E-state index is -0.257. The zero-order chi connectivity index (χ0) is 19.2. The number of anilines is 1. The van der Waals surface area contributed by atoms with E-state index in [4.69, 9.17) is 4.74 Å². The predicted octanol–water partition coefficient (Wildman–Crippen LogP) is 3.46. The van der Waals surface area contributed by atoms with Crippen LogP contribution >= 0.6 is 0 Å². The molecule has 1 aromatic heterocycles. The molecule has 1 heterocycles. The zero-order valence-corrected chi connectivity index (χ0v) is 15.3. The van der Waals surface area contributed by atoms with Crippen LogP contribution in [-0.4, -0.2) is 22.7 Å². The molecule has 27 heavy (non-hydrogen) atoms. The third-order valence-corrected chi connectivity index (χ3v) is 4.11. The molecular weight excluding hydrogens is 342 g/mol. The first kappa shape index (κ1) is 18.4. The van der Waals surface area contributed by atoms with Gasteiger partial charge in [0.1, 0.15) is 5.75 Å². The molecule has 1 amide bonds. The van der Waals surface area contributed by atoms with Crippen LogP contribution < -0.4 is 15.6 Å². The minimum absolute atomic E-state index is 0.132. The standard InChI is InChI=1S/C21H21N3O3/c1-14-5-3-6-15(2)21(14)27-12-11-19(25)22-17-8-4-7-16(13-17)18-9-10-20(26)24-23-18/h3-10,13H,11-12H2,1-2H3,(H,22,25)(H,24,26). The number of nitrogens with one attached hydrogen (secondary N) is 2. The SMILES string of the molecule is Cc1cccc(C)c1OCCC(=O)Nc1cccc(-c2ccc(=O)[nH]n2)c1. The maximum Gasteiger partial charge on any atom is 0.264 e. The van der Waals surface area contributed by atoms with Gasteiger partial charge in [0.05, 0.1) is 18.7 Å². The maximum absolute atomic E-state index is 12.2. The molecule has 0 aliphatic rings. The van der Waals surface area contributed by atoms with Gasteiger partial charge in [-0.2, -0.15) is 5.10 Å². The number of hydrogen-bond acceptors (Lipinski definition) is 4. The number of carbonyl (C=O) groups is 1. The second kappa shape index (κ2) is 8.31. The summed E-state index contributed by atoms with van der Waals surface area (Å²) in [5.74, 6) is 0.698. The van der Waals surface area contributed by atoms with E-state index in [1.165, 1.54) is 6.07 Å². The van der Waals surface area contributed by atoms with Crippen molar-refractivity contribution in [2.75, 3.05) is 11.9 Å². The van der Waals surface area contributed by atoms with Crippen LogP contribution in [0.2, 0.25) is 0 Å². The minimum Gasteiger partial charge on any atom is -0.493 e. The Morgan fingerprint density at radius 2 is 1.81 bits per heavy atom. The Kier molecular flexibility index (Phi) is 5.66. The molecule has 2 N–H and O–H groups in total. The lowest BCUT2D eigenvalue weighted by atomic mass is 10.1. The summed E-state index contributed by atoms with van der Waals surface area (Å²) >= 11 is 0. The van der Waals surface area contributed by atoms with Gasteiger partial charge in [0.25, 0.3) is 5.56 Å². The van der Waals surface area contributed by atoms with E-state index in [1.54, 1.807) is 12.1 Å². The second-order valence-corrected chi connectivity index (χ2v) is 6.25. The molecule has 0 saturated heterocycles. The Balaban J connectivity index is 1.59. The number of nitrogens with zero attached hydrogens (tertiary/aromatic N) is 1. The molecule has 0 radical (unpaired) electrons. The predicted molar refractivity (Wildman–Crippen MR) is 105 cm³/mol. The second-order valence-electron chi connectivity index (χ2n) is 6.25. The molecule has 0 aliphatic carbocycles. The first-order valence-corrected chi connectivity index (χ1v) is 8.68. The third-order valence-electron chi connectivity index (χ3n) is 4.11. The quantitative estimate of drug-likeness (QED) is 0.702. The van der Waals surface area contributed by atoms with Crippen LogP contribution in [0.15, 0.2) is 59.4 Å². The van der Waals surface area contributed by atoms with Crippen molar-refractivity contribution in [3.63, 3.8) is 0 Å². The Hall–Kier alpha value is -3.41. The monoisotopic (exact) mass is 363 g/mol. The van der Waals surface area contributed by atoms with Crippen LogP contribution in [0.4, 0.5) is 5.69 Å². The van der Waals surface area contributed by atoms with Gasteiger partial charge in [-0.15, -0.1) is 0 Å². The van der Waals surface area contributed by atoms with Crippen molar-refractivity contribution in [1.29, 1.82) is 0 Å². The lowest BCUT2D eigenvalue weighted by Gasteiger charge is -2.12. The van der Waals surface area contributed by atoms with Gasteiger partial charge in [-0.25, -0.2) is 5.10 Å². The molecule has 0 saturated carbocycles. The highest BCUT2D eigenvalue weighted by Gasteiger charge is 2.07. The van der Waals surface area contributed by atoms with E-state index in [1.807, 2.05) is 50.2 Å². The molecule has 138 valence electrons. The summed E-state index contributed by atoms with van der Waals surface area (Å²) in [7, 11) is 0. The average Bonchev–Trinajstić information content (AvgIpc) is 2.65. The Morgan fingerprint density at radius 1 is 1.07 bits per heavy atom. The topological polar surface area (TPSA) is 84.1 Å². The van der Waals surface area contributed by atoms with Gasteiger partial charge in [-0.05, 0) is 43.2 Å². The third kappa shape index (κ3) is 4.82. The molecule has 6 nitrogen and oxygen atoms in total. The lowest BCUT2D eigenvalue weighted by Crippen LogP contribution is -2.15. The summed E-state index contributed by atoms with van der Waals surface area (Å²) in [5.41, 5.74) is 3.94. The fraction of sp³-hybridized carbons (Fsp3) is 0.190. The summed E-state index contributed by atoms with van der Waals surface area (Å²) < 4.78 is 5.78. The number of aromatic amines is 1. The molecule has 6 heteroatoms. The van der Waals surface area contributed by atoms with Crippen LogP contribution in [0, 0.1) is 13.8 Å². The maximum atomic E-state index is 12.2. The van der Waals surface area contributed by atoms with Crippen LogP contribution in [-0.2, 0) is 4.79 Å². The van der Waals surface area contributed by atoms with E-state index in [0.29, 0.717) is 18.0 Å². The van der Waals surface area contributed by atoms with Gasteiger partial charge in [0, 0.05) is 17.3 Å². The number of aromatic nitrogens is 2. The smallest absolute Gasteiger partial charge is 0.264 e. The first-order chi connectivity index (χ1) is 13.0. The Labute approximate surface area is 157 Å². The Bertz CT molecular complexity index is 971. The molecule has 0 unspecified atom stereocenters. The number of rotatable bonds is 6. The zero-order valence-electron chi connectivity index (χ0n) is 15.3. The van der Waals surface area contributed by atoms with Gasteiger partial charge in [0.15, 0.2) is 0 Å². The number of amides is 1. The van der Waals surface area contributed by atoms with Crippen molar-refractivity contribution in [1.82, 2.24) is 10.2 Å². The summed E-state index contributed by atoms with van der Waals surface area (Å²) in [6.07, 6.45) is 0.245. The molecule has 3 rings (SSSR count). The van der Waals surface area contributed by atoms with E-state index in [-0.39, 0.29) is 17.9 Å². The number of aryl methyl sites for hydroxylation is 2. The highest BCUT2D eigenvalue weighted by molar-refractivity contribution is 5.91. The summed E-state index contributed by atoms with van der Waals surface area (Å²) in [5, 5.41) is 9.26. The van der Waals surface area contributed by atoms with Crippen molar-refractivity contribution in [2.45, 2.75) is 20.3 Å². The van der Waals surface area contributed by atoms with Gasteiger partial charge in [-0.1, -0.05) is 30.3 Å². The van der Waals surface area contributed by atoms with Crippen LogP contribution in [0.1, 0.15) is 17.5 Å². The number of para-hydroxylation sites is 1. The van der Waals surface area contributed by atoms with E-state index < -0.39 is 0 Å². The number of H-pyrrole nitrogens is 1. The highest BCUT2D eigenvalue weighted by atomic mass is 16.5. The van der Waals surface area contributed by atoms with E-state index in [9.17, 15) is 9.59 Å². The average molecular weight is 363 g/mol. The molecular formula is C21H21N3O3. The molecule has 2 aromatic carbocycles. The van der Waals surface area contributed by atoms with Gasteiger partial charge < -0.3 is 10.1 Å². The van der Waals surface area contributed by atoms with Gasteiger partial charge in [-0.3, -0.25) is 9.59 Å². The summed E-state index contributed by atoms with van der Waals surface area (Å²) in [4.78, 5) is 23.3. The van der Waals surface area contributed by atoms with Crippen molar-refractivity contribution in [2.24, 2.45) is 0 Å². The van der Waals surface area contributed by atoms with Crippen molar-refractivity contribution < 1.29 is 9.53 Å². The fourth-order valence-corrected chi connectivity index (χ4v) is 2.76. The number of hydrogen-bond donors (Lipinski definition) is 2. The van der Waals surface area contributed by atoms with E-state index >= 15 is 0 Å². The Morgan fingerprint density at radius 3 is 2.52 bits per heavy atom. The molecule has 0 bridgehead atoms. The fourth-order valence-electron chi connectivity index (χ4n) is 2.76. The number of carbonyl (C=O) groups excluding carboxylic acids is 1. The molecule has 0 spiro atoms. The molecule has 0 atom stereocenters. The number of benzene rings is 2. The molecule has 3 aromatic rings. The van der Waals surface area contributed by atoms with Crippen LogP contribution in [0.5, 0.6) is 5.75 Å². The highest BCUT2D eigenvalue weighted by Crippen LogP contribution is 2.23. The van der Waals surface area contributed by atoms with Gasteiger partial charge >= 0.3 is 0 Å². The summed E-state index contributed by atoms with van der Waals surface area (Å²) in [6.45, 7) is 4.27. The van der Waals surface area contributed by atoms with Crippen molar-refractivity contribution in [3.8, 4) is 17.0 Å². The first-order valence-electron chi connectivity index (χ1n) is 8.68. The van der Waals surface area contributed by atoms with E-state index in [2.05, 4.69) is 15.5 Å². The number of ether oxygens (including phenoxy) is 1. The largest absolute Gasteiger partial charge is 0.493 e. The summed E-state index contributed by atoms with van der Waals surface area (Å²) in [6, 6.07) is 16.3. The van der Waals surface area contributed by atoms with Crippen LogP contribution in [0.25, 0.3) is 11.3 Å².